The number of rotatable bonds is 3. The molecule has 14 heavy (non-hydrogen) atoms. The summed E-state index contributed by atoms with van der Waals surface area (Å²) in [6, 6.07) is 0. The predicted molar refractivity (Wildman–Crippen MR) is 47.9 cm³/mol. The first kappa shape index (κ1) is 12.1. The third kappa shape index (κ3) is 4.87. The second-order valence-electron chi connectivity index (χ2n) is 3.32. The van der Waals surface area contributed by atoms with Gasteiger partial charge in [0.2, 0.25) is 6.17 Å². The molecule has 0 unspecified atom stereocenters. The number of hydrogen-bond donors (Lipinski definition) is 0. The number of ether oxygens (including phenoxy) is 1. The van der Waals surface area contributed by atoms with E-state index in [4.69, 9.17) is 15.8 Å². The third-order valence-corrected chi connectivity index (χ3v) is 0.940. The van der Waals surface area contributed by atoms with Crippen molar-refractivity contribution in [2.45, 2.75) is 32.5 Å². The van der Waals surface area contributed by atoms with E-state index in [1.54, 1.807) is 20.8 Å². The lowest BCUT2D eigenvalue weighted by atomic mass is 10.2. The Labute approximate surface area is 80.1 Å². The van der Waals surface area contributed by atoms with Crippen molar-refractivity contribution in [2.75, 3.05) is 0 Å². The summed E-state index contributed by atoms with van der Waals surface area (Å²) in [7, 11) is 0. The van der Waals surface area contributed by atoms with E-state index < -0.39 is 17.7 Å². The Balaban J connectivity index is 4.61. The van der Waals surface area contributed by atoms with Gasteiger partial charge in [-0.25, -0.2) is 0 Å². The van der Waals surface area contributed by atoms with E-state index in [0.717, 1.165) is 0 Å². The van der Waals surface area contributed by atoms with E-state index in [-0.39, 0.29) is 0 Å². The van der Waals surface area contributed by atoms with Gasteiger partial charge in [-0.1, -0.05) is 10.2 Å². The summed E-state index contributed by atoms with van der Waals surface area (Å²) in [6.45, 7) is 4.94. The molecule has 0 fully saturated rings. The smallest absolute Gasteiger partial charge is 0.321 e. The van der Waals surface area contributed by atoms with E-state index in [0.29, 0.717) is 0 Å². The molecule has 0 bridgehead atoms. The van der Waals surface area contributed by atoms with E-state index in [9.17, 15) is 4.79 Å². The largest absolute Gasteiger partial charge is 0.460 e. The van der Waals surface area contributed by atoms with Crippen LogP contribution in [-0.2, 0) is 9.53 Å². The van der Waals surface area contributed by atoms with Crippen LogP contribution in [0.3, 0.4) is 0 Å². The predicted octanol–water partition coefficient (Wildman–Crippen LogP) is 2.27. The van der Waals surface area contributed by atoms with Crippen molar-refractivity contribution in [3.8, 4) is 0 Å². The summed E-state index contributed by atoms with van der Waals surface area (Å²) in [5, 5.41) is 5.97. The van der Waals surface area contributed by atoms with Crippen molar-refractivity contribution in [1.29, 1.82) is 0 Å². The van der Waals surface area contributed by atoms with Gasteiger partial charge in [0.25, 0.3) is 0 Å². The molecule has 8 nitrogen and oxygen atoms in total. The van der Waals surface area contributed by atoms with Crippen molar-refractivity contribution >= 4 is 5.97 Å². The van der Waals surface area contributed by atoms with Gasteiger partial charge >= 0.3 is 5.97 Å². The normalized spacial score (nSPS) is 11.9. The van der Waals surface area contributed by atoms with E-state index >= 15 is 0 Å². The first-order valence-corrected chi connectivity index (χ1v) is 3.72. The number of azide groups is 1. The molecule has 76 valence electrons. The van der Waals surface area contributed by atoms with Crippen molar-refractivity contribution in [3.05, 3.63) is 20.9 Å². The monoisotopic (exact) mass is 198 g/mol. The molecule has 0 saturated carbocycles. The number of hydrogen-bond acceptors (Lipinski definition) is 4. The molecular formula is C6H10N6O2. The van der Waals surface area contributed by atoms with Gasteiger partial charge in [0.15, 0.2) is 0 Å². The number of carbonyl (C=O) groups excluding carboxylic acids is 1. The SMILES string of the molecule is CC(C)(C)OC(=O)C(N=[N+]=[N-])N=[N+]=[N-]. The molecule has 0 heterocycles. The Morgan fingerprint density at radius 2 is 1.71 bits per heavy atom. The van der Waals surface area contributed by atoms with E-state index in [1.807, 2.05) is 0 Å². The maximum atomic E-state index is 11.2. The Kier molecular flexibility index (Phi) is 4.28. The van der Waals surface area contributed by atoms with Gasteiger partial charge in [-0.2, -0.15) is 0 Å². The Bertz CT molecular complexity index is 289. The minimum absolute atomic E-state index is 0.717. The highest BCUT2D eigenvalue weighted by Crippen LogP contribution is 2.10. The third-order valence-electron chi connectivity index (χ3n) is 0.940. The van der Waals surface area contributed by atoms with E-state index in [2.05, 4.69) is 20.1 Å². The second-order valence-corrected chi connectivity index (χ2v) is 3.32. The number of nitrogens with zero attached hydrogens (tertiary/aromatic N) is 6. The summed E-state index contributed by atoms with van der Waals surface area (Å²) in [5.74, 6) is -0.867. The highest BCUT2D eigenvalue weighted by atomic mass is 16.6. The minimum Gasteiger partial charge on any atom is -0.460 e. The lowest BCUT2D eigenvalue weighted by Gasteiger charge is -2.20. The first-order valence-electron chi connectivity index (χ1n) is 3.72. The van der Waals surface area contributed by atoms with Crippen molar-refractivity contribution in [1.82, 2.24) is 0 Å². The summed E-state index contributed by atoms with van der Waals surface area (Å²) in [5.41, 5.74) is 15.4. The molecule has 0 atom stereocenters. The summed E-state index contributed by atoms with van der Waals surface area (Å²) < 4.78 is 4.84. The quantitative estimate of drug-likeness (QED) is 0.298. The summed E-state index contributed by atoms with van der Waals surface area (Å²) in [4.78, 5) is 15.9. The molecule has 0 aromatic heterocycles. The van der Waals surface area contributed by atoms with Gasteiger partial charge in [-0.05, 0) is 31.8 Å². The molecule has 0 aromatic carbocycles. The fourth-order valence-corrected chi connectivity index (χ4v) is 0.570. The molecule has 0 aliphatic rings. The van der Waals surface area contributed by atoms with Crippen LogP contribution >= 0.6 is 0 Å². The Morgan fingerprint density at radius 3 is 2.00 bits per heavy atom. The molecule has 0 rings (SSSR count). The summed E-state index contributed by atoms with van der Waals surface area (Å²) >= 11 is 0. The van der Waals surface area contributed by atoms with Crippen LogP contribution in [0.2, 0.25) is 0 Å². The fourth-order valence-electron chi connectivity index (χ4n) is 0.570. The van der Waals surface area contributed by atoms with Crippen LogP contribution in [-0.4, -0.2) is 17.7 Å². The van der Waals surface area contributed by atoms with Gasteiger partial charge in [-0.3, -0.25) is 4.79 Å². The van der Waals surface area contributed by atoms with Crippen LogP contribution < -0.4 is 0 Å². The van der Waals surface area contributed by atoms with Crippen LogP contribution in [0, 0.1) is 0 Å². The van der Waals surface area contributed by atoms with Crippen LogP contribution in [0.25, 0.3) is 20.9 Å². The Morgan fingerprint density at radius 1 is 1.29 bits per heavy atom. The average Bonchev–Trinajstić information content (AvgIpc) is 2.01. The van der Waals surface area contributed by atoms with Gasteiger partial charge in [0.05, 0.1) is 0 Å². The van der Waals surface area contributed by atoms with Crippen molar-refractivity contribution in [2.24, 2.45) is 10.2 Å². The highest BCUT2D eigenvalue weighted by molar-refractivity contribution is 5.76. The molecule has 0 amide bonds. The van der Waals surface area contributed by atoms with Crippen LogP contribution in [0.15, 0.2) is 10.2 Å². The molecular weight excluding hydrogens is 188 g/mol. The second kappa shape index (κ2) is 4.96. The molecule has 0 aliphatic carbocycles. The molecule has 8 heteroatoms. The van der Waals surface area contributed by atoms with Gasteiger partial charge in [-0.15, -0.1) is 0 Å². The molecule has 0 radical (unpaired) electrons. The fraction of sp³-hybridized carbons (Fsp3) is 0.833. The van der Waals surface area contributed by atoms with Crippen molar-refractivity contribution < 1.29 is 9.53 Å². The molecule has 0 aliphatic heterocycles. The van der Waals surface area contributed by atoms with Gasteiger partial charge in [0.1, 0.15) is 5.60 Å². The van der Waals surface area contributed by atoms with Crippen molar-refractivity contribution in [3.63, 3.8) is 0 Å². The molecule has 0 aromatic rings. The maximum absolute atomic E-state index is 11.2. The highest BCUT2D eigenvalue weighted by Gasteiger charge is 2.22. The van der Waals surface area contributed by atoms with Gasteiger partial charge < -0.3 is 4.74 Å². The maximum Gasteiger partial charge on any atom is 0.321 e. The van der Waals surface area contributed by atoms with Crippen LogP contribution in [0.5, 0.6) is 0 Å². The zero-order valence-corrected chi connectivity index (χ0v) is 8.08. The van der Waals surface area contributed by atoms with E-state index in [1.165, 1.54) is 0 Å². The molecule has 0 spiro atoms. The minimum atomic E-state index is -1.48. The summed E-state index contributed by atoms with van der Waals surface area (Å²) in [6.07, 6.45) is -1.48. The molecule has 0 saturated heterocycles. The zero-order chi connectivity index (χ0) is 11.2. The molecule has 0 N–H and O–H groups in total. The lowest BCUT2D eigenvalue weighted by molar-refractivity contribution is -0.156. The lowest BCUT2D eigenvalue weighted by Crippen LogP contribution is -2.29. The van der Waals surface area contributed by atoms with Gasteiger partial charge in [0, 0.05) is 9.82 Å². The topological polar surface area (TPSA) is 124 Å². The van der Waals surface area contributed by atoms with Crippen LogP contribution in [0.1, 0.15) is 20.8 Å². The number of esters is 1. The standard InChI is InChI=1S/C6H10N6O2/c1-6(2,3)14-5(13)4(9-11-7)10-12-8/h4H,1-3H3. The van der Waals surface area contributed by atoms with Crippen LogP contribution in [0.4, 0.5) is 0 Å². The Hall–Kier alpha value is -1.91. The number of carbonyl (C=O) groups is 1. The average molecular weight is 198 g/mol. The first-order chi connectivity index (χ1) is 6.40. The zero-order valence-electron chi connectivity index (χ0n) is 8.08.